The van der Waals surface area contributed by atoms with Gasteiger partial charge in [-0.15, -0.1) is 0 Å². The van der Waals surface area contributed by atoms with Crippen molar-refractivity contribution < 1.29 is 28.5 Å². The van der Waals surface area contributed by atoms with E-state index in [1.807, 2.05) is 12.1 Å². The summed E-state index contributed by atoms with van der Waals surface area (Å²) in [5.41, 5.74) is 9.40. The van der Waals surface area contributed by atoms with Gasteiger partial charge in [-0.2, -0.15) is 20.5 Å². The van der Waals surface area contributed by atoms with Crippen LogP contribution in [0.3, 0.4) is 0 Å². The van der Waals surface area contributed by atoms with Gasteiger partial charge in [0.1, 0.15) is 37.6 Å². The van der Waals surface area contributed by atoms with E-state index in [0.29, 0.717) is 55.5 Å². The number of hydrogen-bond donors (Lipinski definition) is 0. The number of nitrogens with zero attached hydrogens (tertiary/aromatic N) is 6. The summed E-state index contributed by atoms with van der Waals surface area (Å²) >= 11 is 7.07. The molecule has 4 aromatic heterocycles. The molecule has 0 fully saturated rings. The number of aromatic nitrogens is 4. The summed E-state index contributed by atoms with van der Waals surface area (Å²) in [5, 5.41) is 18.5. The first kappa shape index (κ1) is 38.4. The number of carbonyl (C=O) groups excluding carboxylic acids is 2. The van der Waals surface area contributed by atoms with Gasteiger partial charge >= 0.3 is 0 Å². The van der Waals surface area contributed by atoms with E-state index in [9.17, 15) is 20.1 Å². The second-order valence-electron chi connectivity index (χ2n) is 13.6. The highest BCUT2D eigenvalue weighted by Gasteiger charge is 2.32. The number of carbonyl (C=O) groups is 2. The maximum absolute atomic E-state index is 11.9. The lowest BCUT2D eigenvalue weighted by molar-refractivity contribution is 0.110. The van der Waals surface area contributed by atoms with Gasteiger partial charge in [0.15, 0.2) is 12.6 Å². The molecule has 2 aliphatic rings. The third kappa shape index (κ3) is 7.89. The van der Waals surface area contributed by atoms with E-state index < -0.39 is 0 Å². The topological polar surface area (TPSA) is 170 Å². The Morgan fingerprint density at radius 2 is 1.09 bits per heavy atom. The van der Waals surface area contributed by atoms with Crippen molar-refractivity contribution in [3.05, 3.63) is 150 Å². The maximum atomic E-state index is 11.9. The molecule has 286 valence electrons. The molecule has 0 unspecified atom stereocenters. The van der Waals surface area contributed by atoms with Crippen molar-refractivity contribution >= 4 is 44.4 Å². The quantitative estimate of drug-likeness (QED) is 0.101. The maximum Gasteiger partial charge on any atom is 0.231 e. The number of halogens is 2. The molecule has 0 aliphatic heterocycles. The molecule has 0 amide bonds. The van der Waals surface area contributed by atoms with E-state index in [1.54, 1.807) is 36.7 Å². The van der Waals surface area contributed by atoms with Crippen LogP contribution >= 0.6 is 31.9 Å². The minimum atomic E-state index is -0.293. The van der Waals surface area contributed by atoms with Crippen LogP contribution in [0.1, 0.15) is 90.3 Å². The van der Waals surface area contributed by atoms with Crippen LogP contribution in [0.2, 0.25) is 0 Å². The predicted molar refractivity (Wildman–Crippen MR) is 216 cm³/mol. The number of aldehydes is 2. The van der Waals surface area contributed by atoms with Crippen LogP contribution in [0.4, 0.5) is 0 Å². The molecule has 2 atom stereocenters. The van der Waals surface area contributed by atoms with Gasteiger partial charge in [-0.05, 0) is 115 Å². The average molecular weight is 899 g/mol. The standard InChI is InChI=1S/C44H30Br2N6O6/c45-37-13-29(21-53)41(55-23-27-11-25(15-47)17-49-19-27)51-43(37)57-39-9-7-33-31(3-1-5-35(33)39)32-4-2-6-36-34(32)8-10-40(36)58-44-38(46)14-30(22-54)42(52-44)56-24-28-12-26(16-48)18-50-20-28/h1-6,11-14,17-22,39-40H,7-10,23-24H2/t39-,40-/m0/s1. The van der Waals surface area contributed by atoms with Gasteiger partial charge in [0.05, 0.1) is 31.2 Å². The van der Waals surface area contributed by atoms with E-state index in [1.165, 1.54) is 23.5 Å². The number of rotatable bonds is 13. The van der Waals surface area contributed by atoms with Crippen molar-refractivity contribution in [2.45, 2.75) is 51.1 Å². The first-order valence-corrected chi connectivity index (χ1v) is 19.8. The Morgan fingerprint density at radius 3 is 1.50 bits per heavy atom. The van der Waals surface area contributed by atoms with E-state index in [0.717, 1.165) is 47.9 Å². The molecule has 2 aliphatic carbocycles. The first-order chi connectivity index (χ1) is 28.3. The normalized spacial score (nSPS) is 15.0. The number of fused-ring (bicyclic) bond motifs is 2. The second kappa shape index (κ2) is 16.9. The van der Waals surface area contributed by atoms with Gasteiger partial charge in [-0.1, -0.05) is 36.4 Å². The number of hydrogen-bond acceptors (Lipinski definition) is 12. The fourth-order valence-electron chi connectivity index (χ4n) is 7.32. The Morgan fingerprint density at radius 1 is 0.638 bits per heavy atom. The molecule has 0 radical (unpaired) electrons. The van der Waals surface area contributed by atoms with Crippen LogP contribution in [-0.4, -0.2) is 32.5 Å². The molecular weight excluding hydrogens is 868 g/mol. The van der Waals surface area contributed by atoms with Crippen molar-refractivity contribution in [2.24, 2.45) is 0 Å². The third-order valence-corrected chi connectivity index (χ3v) is 11.1. The molecule has 4 heterocycles. The minimum Gasteiger partial charge on any atom is -0.472 e. The van der Waals surface area contributed by atoms with Gasteiger partial charge in [-0.25, -0.2) is 0 Å². The van der Waals surface area contributed by atoms with Crippen LogP contribution < -0.4 is 18.9 Å². The van der Waals surface area contributed by atoms with Gasteiger partial charge in [-0.3, -0.25) is 19.6 Å². The fraction of sp³-hybridized carbons (Fsp3) is 0.182. The highest BCUT2D eigenvalue weighted by molar-refractivity contribution is 9.10. The van der Waals surface area contributed by atoms with Crippen LogP contribution in [0.5, 0.6) is 23.5 Å². The minimum absolute atomic E-state index is 0.0640. The van der Waals surface area contributed by atoms with E-state index in [2.05, 4.69) is 88.2 Å². The first-order valence-electron chi connectivity index (χ1n) is 18.2. The van der Waals surface area contributed by atoms with Crippen molar-refractivity contribution in [3.63, 3.8) is 0 Å². The third-order valence-electron chi connectivity index (χ3n) is 9.96. The molecule has 58 heavy (non-hydrogen) atoms. The molecule has 0 N–H and O–H groups in total. The van der Waals surface area contributed by atoms with Crippen LogP contribution in [0, 0.1) is 22.7 Å². The molecule has 8 rings (SSSR count). The van der Waals surface area contributed by atoms with Gasteiger partial charge in [0.2, 0.25) is 23.5 Å². The van der Waals surface area contributed by atoms with Crippen molar-refractivity contribution in [2.75, 3.05) is 0 Å². The number of ether oxygens (including phenoxy) is 4. The molecule has 0 saturated heterocycles. The van der Waals surface area contributed by atoms with E-state index in [-0.39, 0.29) is 48.3 Å². The van der Waals surface area contributed by atoms with Crippen molar-refractivity contribution in [3.8, 4) is 46.8 Å². The molecule has 6 aromatic rings. The fourth-order valence-corrected chi connectivity index (χ4v) is 8.17. The Labute approximate surface area is 349 Å². The Bertz CT molecular complexity index is 2500. The van der Waals surface area contributed by atoms with Gasteiger partial charge in [0.25, 0.3) is 0 Å². The molecule has 0 saturated carbocycles. The molecule has 12 nitrogen and oxygen atoms in total. The van der Waals surface area contributed by atoms with Crippen LogP contribution in [0.25, 0.3) is 11.1 Å². The monoisotopic (exact) mass is 896 g/mol. The molecule has 0 bridgehead atoms. The summed E-state index contributed by atoms with van der Waals surface area (Å²) < 4.78 is 26.0. The molecule has 2 aromatic carbocycles. The zero-order valence-electron chi connectivity index (χ0n) is 30.5. The summed E-state index contributed by atoms with van der Waals surface area (Å²) in [7, 11) is 0. The van der Waals surface area contributed by atoms with Crippen molar-refractivity contribution in [1.29, 1.82) is 10.5 Å². The largest absolute Gasteiger partial charge is 0.472 e. The SMILES string of the molecule is N#Cc1cncc(COc2nc(O[C@H]3CCc4c(-c5cccc6c5CC[C@@H]6Oc5nc(OCc6cncc(C#N)c6)c(C=O)cc5Br)cccc43)c(Br)cc2C=O)c1. The molecule has 0 spiro atoms. The lowest BCUT2D eigenvalue weighted by Crippen LogP contribution is -2.08. The van der Waals surface area contributed by atoms with Crippen LogP contribution in [0.15, 0.2) is 94.4 Å². The predicted octanol–water partition coefficient (Wildman–Crippen LogP) is 9.12. The van der Waals surface area contributed by atoms with E-state index >= 15 is 0 Å². The van der Waals surface area contributed by atoms with Gasteiger partial charge < -0.3 is 18.9 Å². The van der Waals surface area contributed by atoms with Crippen molar-refractivity contribution in [1.82, 2.24) is 19.9 Å². The Kier molecular flexibility index (Phi) is 11.2. The lowest BCUT2D eigenvalue weighted by atomic mass is 9.91. The summed E-state index contributed by atoms with van der Waals surface area (Å²) in [5.74, 6) is 0.829. The summed E-state index contributed by atoms with van der Waals surface area (Å²) in [6, 6.07) is 23.2. The Hall–Kier alpha value is -6.48. The summed E-state index contributed by atoms with van der Waals surface area (Å²) in [4.78, 5) is 41.2. The van der Waals surface area contributed by atoms with Gasteiger partial charge in [0, 0.05) is 35.9 Å². The Balaban J connectivity index is 1.01. The lowest BCUT2D eigenvalue weighted by Gasteiger charge is -2.19. The molecule has 14 heteroatoms. The highest BCUT2D eigenvalue weighted by atomic mass is 79.9. The molecular formula is C44H30Br2N6O6. The highest BCUT2D eigenvalue weighted by Crippen LogP contribution is 2.46. The zero-order chi connectivity index (χ0) is 40.2. The van der Waals surface area contributed by atoms with Crippen LogP contribution in [-0.2, 0) is 26.1 Å². The summed E-state index contributed by atoms with van der Waals surface area (Å²) in [6.45, 7) is 0.128. The number of nitriles is 2. The number of benzene rings is 2. The van der Waals surface area contributed by atoms with E-state index in [4.69, 9.17) is 18.9 Å². The average Bonchev–Trinajstić information content (AvgIpc) is 3.87. The zero-order valence-corrected chi connectivity index (χ0v) is 33.7. The number of pyridine rings is 4. The second-order valence-corrected chi connectivity index (χ2v) is 15.3. The smallest absolute Gasteiger partial charge is 0.231 e. The summed E-state index contributed by atoms with van der Waals surface area (Å²) in [6.07, 6.45) is 9.90.